The molecule has 0 aliphatic heterocycles. The summed E-state index contributed by atoms with van der Waals surface area (Å²) in [5.74, 6) is 1.63. The Kier molecular flexibility index (Phi) is 3.02. The van der Waals surface area contributed by atoms with Gasteiger partial charge in [0.1, 0.15) is 18.2 Å². The second-order valence-electron chi connectivity index (χ2n) is 4.20. The number of aromatic amines is 1. The third-order valence-electron chi connectivity index (χ3n) is 2.89. The number of fused-ring (bicyclic) bond motifs is 1. The first kappa shape index (κ1) is 11.5. The molecular weight excluding hydrogens is 236 g/mol. The van der Waals surface area contributed by atoms with E-state index < -0.39 is 0 Å². The van der Waals surface area contributed by atoms with Gasteiger partial charge < -0.3 is 9.72 Å². The van der Waals surface area contributed by atoms with Crippen molar-refractivity contribution in [3.05, 3.63) is 61.2 Å². The van der Waals surface area contributed by atoms with Crippen molar-refractivity contribution in [2.45, 2.75) is 0 Å². The Hall–Kier alpha value is -2.55. The molecule has 2 aromatic carbocycles. The number of nitrogens with one attached hydrogen (secondary N) is 1. The van der Waals surface area contributed by atoms with Gasteiger partial charge in [-0.1, -0.05) is 36.9 Å². The molecule has 0 unspecified atom stereocenters. The van der Waals surface area contributed by atoms with E-state index in [0.717, 1.165) is 28.2 Å². The van der Waals surface area contributed by atoms with Gasteiger partial charge >= 0.3 is 0 Å². The molecule has 0 amide bonds. The van der Waals surface area contributed by atoms with E-state index in [9.17, 15) is 0 Å². The Balaban J connectivity index is 2.07. The van der Waals surface area contributed by atoms with E-state index in [1.807, 2.05) is 48.5 Å². The van der Waals surface area contributed by atoms with Crippen LogP contribution < -0.4 is 4.74 Å². The molecule has 0 aliphatic carbocycles. The van der Waals surface area contributed by atoms with Crippen molar-refractivity contribution < 1.29 is 4.74 Å². The standard InChI is InChI=1S/C16H14N2O/c1-2-11-19-15-10-6-3-7-12(15)16-17-13-8-4-5-9-14(13)18-16/h2-10H,1,11H2,(H,17,18). The van der Waals surface area contributed by atoms with Crippen molar-refractivity contribution in [1.82, 2.24) is 9.97 Å². The highest BCUT2D eigenvalue weighted by molar-refractivity contribution is 5.80. The molecule has 0 radical (unpaired) electrons. The monoisotopic (exact) mass is 250 g/mol. The summed E-state index contributed by atoms with van der Waals surface area (Å²) in [6.45, 7) is 4.15. The van der Waals surface area contributed by atoms with E-state index >= 15 is 0 Å². The third kappa shape index (κ3) is 2.22. The van der Waals surface area contributed by atoms with Crippen molar-refractivity contribution in [2.75, 3.05) is 6.61 Å². The molecule has 3 aromatic rings. The normalized spacial score (nSPS) is 10.5. The van der Waals surface area contributed by atoms with Gasteiger partial charge in [-0.15, -0.1) is 0 Å². The summed E-state index contributed by atoms with van der Waals surface area (Å²) < 4.78 is 5.66. The zero-order valence-corrected chi connectivity index (χ0v) is 10.5. The second-order valence-corrected chi connectivity index (χ2v) is 4.20. The molecule has 0 saturated heterocycles. The molecule has 3 nitrogen and oxygen atoms in total. The summed E-state index contributed by atoms with van der Waals surface area (Å²) in [4.78, 5) is 7.90. The molecular formula is C16H14N2O. The van der Waals surface area contributed by atoms with Gasteiger partial charge in [0.05, 0.1) is 16.6 Å². The number of rotatable bonds is 4. The highest BCUT2D eigenvalue weighted by Crippen LogP contribution is 2.29. The van der Waals surface area contributed by atoms with Crippen molar-refractivity contribution in [1.29, 1.82) is 0 Å². The van der Waals surface area contributed by atoms with Gasteiger partial charge in [0.25, 0.3) is 0 Å². The fraction of sp³-hybridized carbons (Fsp3) is 0.0625. The van der Waals surface area contributed by atoms with E-state index in [1.54, 1.807) is 6.08 Å². The van der Waals surface area contributed by atoms with Crippen LogP contribution in [0.25, 0.3) is 22.4 Å². The van der Waals surface area contributed by atoms with Gasteiger partial charge in [-0.3, -0.25) is 0 Å². The Morgan fingerprint density at radius 2 is 1.89 bits per heavy atom. The fourth-order valence-electron chi connectivity index (χ4n) is 2.02. The number of para-hydroxylation sites is 3. The molecule has 94 valence electrons. The van der Waals surface area contributed by atoms with Crippen LogP contribution in [0.5, 0.6) is 5.75 Å². The van der Waals surface area contributed by atoms with Gasteiger partial charge in [0.15, 0.2) is 0 Å². The highest BCUT2D eigenvalue weighted by atomic mass is 16.5. The highest BCUT2D eigenvalue weighted by Gasteiger charge is 2.09. The summed E-state index contributed by atoms with van der Waals surface area (Å²) in [5, 5.41) is 0. The van der Waals surface area contributed by atoms with Crippen LogP contribution in [0, 0.1) is 0 Å². The summed E-state index contributed by atoms with van der Waals surface area (Å²) in [6, 6.07) is 15.8. The average molecular weight is 250 g/mol. The molecule has 1 N–H and O–H groups in total. The number of benzene rings is 2. The first-order valence-corrected chi connectivity index (χ1v) is 6.16. The largest absolute Gasteiger partial charge is 0.489 e. The van der Waals surface area contributed by atoms with Gasteiger partial charge in [-0.2, -0.15) is 0 Å². The molecule has 0 fully saturated rings. The lowest BCUT2D eigenvalue weighted by Gasteiger charge is -2.07. The predicted octanol–water partition coefficient (Wildman–Crippen LogP) is 3.79. The maximum atomic E-state index is 5.66. The van der Waals surface area contributed by atoms with Crippen LogP contribution in [0.1, 0.15) is 0 Å². The number of hydrogen-bond donors (Lipinski definition) is 1. The third-order valence-corrected chi connectivity index (χ3v) is 2.89. The molecule has 1 heterocycles. The van der Waals surface area contributed by atoms with E-state index in [1.165, 1.54) is 0 Å². The van der Waals surface area contributed by atoms with E-state index in [2.05, 4.69) is 16.5 Å². The average Bonchev–Trinajstić information content (AvgIpc) is 2.89. The van der Waals surface area contributed by atoms with E-state index in [0.29, 0.717) is 6.61 Å². The molecule has 0 spiro atoms. The molecule has 0 saturated carbocycles. The summed E-state index contributed by atoms with van der Waals surface area (Å²) in [5.41, 5.74) is 2.94. The van der Waals surface area contributed by atoms with Crippen molar-refractivity contribution in [3.63, 3.8) is 0 Å². The van der Waals surface area contributed by atoms with E-state index in [4.69, 9.17) is 4.74 Å². The van der Waals surface area contributed by atoms with Gasteiger partial charge in [0, 0.05) is 0 Å². The van der Waals surface area contributed by atoms with Crippen molar-refractivity contribution >= 4 is 11.0 Å². The summed E-state index contributed by atoms with van der Waals surface area (Å²) >= 11 is 0. The molecule has 3 rings (SSSR count). The number of ether oxygens (including phenoxy) is 1. The van der Waals surface area contributed by atoms with Crippen LogP contribution in [-0.4, -0.2) is 16.6 Å². The minimum Gasteiger partial charge on any atom is -0.489 e. The second kappa shape index (κ2) is 4.98. The number of hydrogen-bond acceptors (Lipinski definition) is 2. The SMILES string of the molecule is C=CCOc1ccccc1-c1nc2ccccc2[nH]1. The lowest BCUT2D eigenvalue weighted by molar-refractivity contribution is 0.364. The van der Waals surface area contributed by atoms with Crippen molar-refractivity contribution in [3.8, 4) is 17.1 Å². The summed E-state index contributed by atoms with van der Waals surface area (Å²) in [7, 11) is 0. The zero-order chi connectivity index (χ0) is 13.1. The Morgan fingerprint density at radius 1 is 1.11 bits per heavy atom. The maximum absolute atomic E-state index is 5.66. The Labute approximate surface area is 111 Å². The smallest absolute Gasteiger partial charge is 0.142 e. The van der Waals surface area contributed by atoms with Crippen LogP contribution in [-0.2, 0) is 0 Å². The Morgan fingerprint density at radius 3 is 2.74 bits per heavy atom. The summed E-state index contributed by atoms with van der Waals surface area (Å²) in [6.07, 6.45) is 1.73. The van der Waals surface area contributed by atoms with Gasteiger partial charge in [-0.25, -0.2) is 4.98 Å². The van der Waals surface area contributed by atoms with Crippen LogP contribution in [0.15, 0.2) is 61.2 Å². The number of nitrogens with zero attached hydrogens (tertiary/aromatic N) is 1. The van der Waals surface area contributed by atoms with Gasteiger partial charge in [-0.05, 0) is 24.3 Å². The first-order chi connectivity index (χ1) is 9.38. The van der Waals surface area contributed by atoms with Crippen molar-refractivity contribution in [2.24, 2.45) is 0 Å². The predicted molar refractivity (Wildman–Crippen MR) is 77.2 cm³/mol. The lowest BCUT2D eigenvalue weighted by Crippen LogP contribution is -1.95. The first-order valence-electron chi connectivity index (χ1n) is 6.16. The van der Waals surface area contributed by atoms with Gasteiger partial charge in [0.2, 0.25) is 0 Å². The molecule has 0 aliphatic rings. The zero-order valence-electron chi connectivity index (χ0n) is 10.5. The van der Waals surface area contributed by atoms with Crippen LogP contribution in [0.4, 0.5) is 0 Å². The number of imidazole rings is 1. The maximum Gasteiger partial charge on any atom is 0.142 e. The molecule has 0 atom stereocenters. The Bertz CT molecular complexity index is 682. The number of H-pyrrole nitrogens is 1. The quantitative estimate of drug-likeness (QED) is 0.715. The minimum absolute atomic E-state index is 0.483. The van der Waals surface area contributed by atoms with Crippen LogP contribution in [0.3, 0.4) is 0 Å². The number of aromatic nitrogens is 2. The molecule has 1 aromatic heterocycles. The topological polar surface area (TPSA) is 37.9 Å². The lowest BCUT2D eigenvalue weighted by atomic mass is 10.2. The minimum atomic E-state index is 0.483. The van der Waals surface area contributed by atoms with E-state index in [-0.39, 0.29) is 0 Å². The van der Waals surface area contributed by atoms with Crippen LogP contribution in [0.2, 0.25) is 0 Å². The fourth-order valence-corrected chi connectivity index (χ4v) is 2.02. The molecule has 0 bridgehead atoms. The van der Waals surface area contributed by atoms with Crippen LogP contribution >= 0.6 is 0 Å². The molecule has 3 heteroatoms. The molecule has 19 heavy (non-hydrogen) atoms.